The molecule has 3 heterocycles. The molecular weight excluding hydrogens is 350 g/mol. The van der Waals surface area contributed by atoms with Crippen molar-refractivity contribution < 1.29 is 8.42 Å². The molecule has 0 radical (unpaired) electrons. The van der Waals surface area contributed by atoms with Crippen LogP contribution in [0.3, 0.4) is 0 Å². The third kappa shape index (κ3) is 3.02. The second-order valence-corrected chi connectivity index (χ2v) is 7.97. The Morgan fingerprint density at radius 2 is 2.19 bits per heavy atom. The smallest absolute Gasteiger partial charge is 0.241 e. The molecule has 134 valence electrons. The summed E-state index contributed by atoms with van der Waals surface area (Å²) in [4.78, 5) is 15.1. The Bertz CT molecular complexity index is 996. The summed E-state index contributed by atoms with van der Waals surface area (Å²) in [7, 11) is -3.63. The number of benzene rings is 1. The zero-order chi connectivity index (χ0) is 18.0. The molecule has 0 saturated heterocycles. The molecule has 1 unspecified atom stereocenters. The zero-order valence-corrected chi connectivity index (χ0v) is 14.9. The Morgan fingerprint density at radius 3 is 2.96 bits per heavy atom. The predicted octanol–water partition coefficient (Wildman–Crippen LogP) is 1.58. The summed E-state index contributed by atoms with van der Waals surface area (Å²) in [5.41, 5.74) is -0.550. The minimum absolute atomic E-state index is 0.264. The number of fused-ring (bicyclic) bond motifs is 1. The summed E-state index contributed by atoms with van der Waals surface area (Å²) in [6, 6.07) is 6.91. The molecule has 0 bridgehead atoms. The quantitative estimate of drug-likeness (QED) is 0.838. The second-order valence-electron chi connectivity index (χ2n) is 6.23. The highest BCUT2D eigenvalue weighted by atomic mass is 32.2. The number of aliphatic imine (C=N–C) groups is 2. The molecule has 0 fully saturated rings. The van der Waals surface area contributed by atoms with Gasteiger partial charge in [0.05, 0.1) is 17.8 Å². The molecule has 7 nitrogen and oxygen atoms in total. The van der Waals surface area contributed by atoms with Crippen LogP contribution in [0.15, 0.2) is 63.7 Å². The van der Waals surface area contributed by atoms with Crippen LogP contribution in [0, 0.1) is 0 Å². The fraction of sp³-hybridized carbons (Fsp3) is 0.278. The molecule has 0 aliphatic carbocycles. The van der Waals surface area contributed by atoms with Gasteiger partial charge < -0.3 is 4.90 Å². The topological polar surface area (TPSA) is 87.0 Å². The first-order chi connectivity index (χ1) is 12.6. The fourth-order valence-corrected chi connectivity index (χ4v) is 4.58. The van der Waals surface area contributed by atoms with Gasteiger partial charge in [-0.3, -0.25) is 15.0 Å². The van der Waals surface area contributed by atoms with E-state index in [1.54, 1.807) is 43.1 Å². The van der Waals surface area contributed by atoms with Gasteiger partial charge in [-0.05, 0) is 24.3 Å². The number of allylic oxidation sites excluding steroid dienone is 1. The first-order valence-corrected chi connectivity index (χ1v) is 9.91. The van der Waals surface area contributed by atoms with E-state index in [-0.39, 0.29) is 11.4 Å². The fourth-order valence-electron chi connectivity index (χ4n) is 3.32. The number of aromatic nitrogens is 1. The van der Waals surface area contributed by atoms with Crippen LogP contribution < -0.4 is 4.72 Å². The number of pyridine rings is 1. The number of nitrogens with one attached hydrogen (secondary N) is 1. The van der Waals surface area contributed by atoms with Crippen molar-refractivity contribution in [3.05, 3.63) is 48.8 Å². The number of hydrogen-bond acceptors (Lipinski definition) is 6. The van der Waals surface area contributed by atoms with Crippen molar-refractivity contribution in [2.24, 2.45) is 9.98 Å². The van der Waals surface area contributed by atoms with Crippen molar-refractivity contribution in [2.75, 3.05) is 19.6 Å². The molecule has 0 spiro atoms. The molecule has 2 aromatic rings. The van der Waals surface area contributed by atoms with E-state index in [9.17, 15) is 8.42 Å². The molecule has 4 rings (SSSR count). The number of rotatable bonds is 6. The van der Waals surface area contributed by atoms with E-state index in [1.165, 1.54) is 0 Å². The maximum atomic E-state index is 12.8. The highest BCUT2D eigenvalue weighted by Crippen LogP contribution is 2.27. The maximum absolute atomic E-state index is 12.8. The van der Waals surface area contributed by atoms with E-state index in [0.717, 1.165) is 18.5 Å². The van der Waals surface area contributed by atoms with Crippen molar-refractivity contribution in [1.29, 1.82) is 0 Å². The lowest BCUT2D eigenvalue weighted by molar-refractivity contribution is 0.251. The van der Waals surface area contributed by atoms with Gasteiger partial charge in [-0.1, -0.05) is 12.1 Å². The largest absolute Gasteiger partial charge is 0.333 e. The Morgan fingerprint density at radius 1 is 1.27 bits per heavy atom. The van der Waals surface area contributed by atoms with E-state index in [4.69, 9.17) is 0 Å². The molecule has 1 aromatic carbocycles. The van der Waals surface area contributed by atoms with Gasteiger partial charge in [-0.2, -0.15) is 0 Å². The van der Waals surface area contributed by atoms with Crippen LogP contribution in [-0.2, 0) is 10.0 Å². The van der Waals surface area contributed by atoms with E-state index in [0.29, 0.717) is 11.8 Å². The van der Waals surface area contributed by atoms with Gasteiger partial charge in [-0.25, -0.2) is 13.1 Å². The van der Waals surface area contributed by atoms with Gasteiger partial charge in [0.15, 0.2) is 5.66 Å². The van der Waals surface area contributed by atoms with Crippen molar-refractivity contribution in [3.8, 4) is 0 Å². The van der Waals surface area contributed by atoms with Crippen molar-refractivity contribution in [2.45, 2.75) is 17.0 Å². The summed E-state index contributed by atoms with van der Waals surface area (Å²) >= 11 is 0. The predicted molar refractivity (Wildman–Crippen MR) is 102 cm³/mol. The normalized spacial score (nSPS) is 21.9. The van der Waals surface area contributed by atoms with Gasteiger partial charge >= 0.3 is 0 Å². The van der Waals surface area contributed by atoms with Crippen LogP contribution in [0.1, 0.15) is 6.42 Å². The van der Waals surface area contributed by atoms with E-state index in [2.05, 4.69) is 19.7 Å². The van der Waals surface area contributed by atoms with Crippen LogP contribution >= 0.6 is 0 Å². The Labute approximate surface area is 152 Å². The standard InChI is InChI=1S/C18H19N5O2S/c24-26(25,17-4-1-3-15-13-19-9-5-16(15)17)22-10-7-18(6-2-8-21-18)23-12-11-20-14-23/h1-6,8-9,13-14,22H,7,10-12H2. The molecule has 0 saturated carbocycles. The summed E-state index contributed by atoms with van der Waals surface area (Å²) in [5.74, 6) is 0. The van der Waals surface area contributed by atoms with Crippen LogP contribution in [0.5, 0.6) is 0 Å². The lowest BCUT2D eigenvalue weighted by Crippen LogP contribution is -2.45. The van der Waals surface area contributed by atoms with Crippen molar-refractivity contribution in [1.82, 2.24) is 14.6 Å². The highest BCUT2D eigenvalue weighted by Gasteiger charge is 2.35. The van der Waals surface area contributed by atoms with Crippen LogP contribution in [0.4, 0.5) is 0 Å². The summed E-state index contributed by atoms with van der Waals surface area (Å²) in [6.45, 7) is 1.79. The average Bonchev–Trinajstić information content (AvgIpc) is 3.33. The molecule has 0 amide bonds. The molecule has 1 atom stereocenters. The third-order valence-corrected chi connectivity index (χ3v) is 6.17. The lowest BCUT2D eigenvalue weighted by atomic mass is 10.1. The molecule has 8 heteroatoms. The molecule has 26 heavy (non-hydrogen) atoms. The van der Waals surface area contributed by atoms with E-state index >= 15 is 0 Å². The highest BCUT2D eigenvalue weighted by molar-refractivity contribution is 7.89. The first kappa shape index (κ1) is 16.9. The SMILES string of the molecule is O=S(=O)(NCCC1(N2C=NCC2)C=CC=N1)c1cccc2cnccc12. The molecular formula is C18H19N5O2S. The maximum Gasteiger partial charge on any atom is 0.241 e. The number of sulfonamides is 1. The Kier molecular flexibility index (Phi) is 4.29. The van der Waals surface area contributed by atoms with Crippen LogP contribution in [-0.4, -0.2) is 56.2 Å². The summed E-state index contributed by atoms with van der Waals surface area (Å²) < 4.78 is 28.4. The Hall–Kier alpha value is -2.58. The van der Waals surface area contributed by atoms with Crippen molar-refractivity contribution >= 4 is 33.3 Å². The minimum atomic E-state index is -3.63. The van der Waals surface area contributed by atoms with E-state index < -0.39 is 15.7 Å². The second kappa shape index (κ2) is 6.62. The molecule has 2 aliphatic rings. The summed E-state index contributed by atoms with van der Waals surface area (Å²) in [5, 5.41) is 1.46. The van der Waals surface area contributed by atoms with Crippen molar-refractivity contribution in [3.63, 3.8) is 0 Å². The molecule has 1 aromatic heterocycles. The van der Waals surface area contributed by atoms with Gasteiger partial charge in [0, 0.05) is 48.9 Å². The monoisotopic (exact) mass is 369 g/mol. The third-order valence-electron chi connectivity index (χ3n) is 4.65. The molecule has 1 N–H and O–H groups in total. The van der Waals surface area contributed by atoms with Gasteiger partial charge in [0.2, 0.25) is 10.0 Å². The van der Waals surface area contributed by atoms with E-state index in [1.807, 2.05) is 23.1 Å². The van der Waals surface area contributed by atoms with Gasteiger partial charge in [-0.15, -0.1) is 0 Å². The van der Waals surface area contributed by atoms with Crippen LogP contribution in [0.25, 0.3) is 10.8 Å². The number of nitrogens with zero attached hydrogens (tertiary/aromatic N) is 4. The van der Waals surface area contributed by atoms with Gasteiger partial charge in [0.25, 0.3) is 0 Å². The Balaban J connectivity index is 1.52. The average molecular weight is 369 g/mol. The lowest BCUT2D eigenvalue weighted by Gasteiger charge is -2.33. The summed E-state index contributed by atoms with van der Waals surface area (Å²) in [6.07, 6.45) is 11.2. The number of hydrogen-bond donors (Lipinski definition) is 1. The minimum Gasteiger partial charge on any atom is -0.333 e. The zero-order valence-electron chi connectivity index (χ0n) is 14.1. The van der Waals surface area contributed by atoms with Gasteiger partial charge in [0.1, 0.15) is 0 Å². The first-order valence-electron chi connectivity index (χ1n) is 8.43. The van der Waals surface area contributed by atoms with Crippen LogP contribution in [0.2, 0.25) is 0 Å². The molecule has 2 aliphatic heterocycles.